The summed E-state index contributed by atoms with van der Waals surface area (Å²) < 4.78 is 11.0. The Morgan fingerprint density at radius 1 is 1.12 bits per heavy atom. The molecule has 0 bridgehead atoms. The number of carbonyl (C=O) groups is 2. The maximum absolute atomic E-state index is 12.9. The zero-order chi connectivity index (χ0) is 18.2. The van der Waals surface area contributed by atoms with E-state index >= 15 is 0 Å². The minimum atomic E-state index is -1.07. The zero-order valence-electron chi connectivity index (χ0n) is 14.6. The molecular formula is C21H20O4. The van der Waals surface area contributed by atoms with Gasteiger partial charge in [0.15, 0.2) is 11.4 Å². The third kappa shape index (κ3) is 2.79. The summed E-state index contributed by atoms with van der Waals surface area (Å²) in [5.74, 6) is -0.562. The summed E-state index contributed by atoms with van der Waals surface area (Å²) in [5.41, 5.74) is 2.58. The van der Waals surface area contributed by atoms with Crippen molar-refractivity contribution in [3.05, 3.63) is 82.4 Å². The van der Waals surface area contributed by atoms with Crippen LogP contribution in [0.3, 0.4) is 0 Å². The second-order valence-electron chi connectivity index (χ2n) is 6.39. The normalized spacial score (nSPS) is 18.3. The van der Waals surface area contributed by atoms with Crippen LogP contribution in [0.1, 0.15) is 46.5 Å². The van der Waals surface area contributed by atoms with Crippen LogP contribution < -0.4 is 0 Å². The van der Waals surface area contributed by atoms with E-state index in [-0.39, 0.29) is 5.78 Å². The highest BCUT2D eigenvalue weighted by atomic mass is 16.6. The molecule has 4 nitrogen and oxygen atoms in total. The number of carbonyl (C=O) groups excluding carboxylic acids is 2. The van der Waals surface area contributed by atoms with Crippen LogP contribution in [-0.4, -0.2) is 18.9 Å². The van der Waals surface area contributed by atoms with E-state index in [1.165, 1.54) is 0 Å². The highest BCUT2D eigenvalue weighted by molar-refractivity contribution is 6.13. The lowest BCUT2D eigenvalue weighted by Crippen LogP contribution is -2.37. The van der Waals surface area contributed by atoms with Gasteiger partial charge in [0.2, 0.25) is 0 Å². The molecule has 25 heavy (non-hydrogen) atoms. The van der Waals surface area contributed by atoms with Crippen LogP contribution in [0.5, 0.6) is 0 Å². The molecule has 0 heterocycles. The van der Waals surface area contributed by atoms with Gasteiger partial charge in [0.25, 0.3) is 0 Å². The highest BCUT2D eigenvalue weighted by Gasteiger charge is 2.43. The molecule has 0 aliphatic heterocycles. The van der Waals surface area contributed by atoms with Crippen molar-refractivity contribution in [2.45, 2.75) is 26.1 Å². The van der Waals surface area contributed by atoms with Gasteiger partial charge < -0.3 is 9.47 Å². The van der Waals surface area contributed by atoms with Gasteiger partial charge in [-0.2, -0.15) is 0 Å². The SMILES string of the molecule is C=C(C)C(=O)OC1(C)c2ccccc2C(=O)c2ccc(COC)cc21. The van der Waals surface area contributed by atoms with Gasteiger partial charge in [-0.05, 0) is 25.5 Å². The molecule has 2 aromatic rings. The fourth-order valence-corrected chi connectivity index (χ4v) is 3.21. The van der Waals surface area contributed by atoms with Crippen molar-refractivity contribution in [3.63, 3.8) is 0 Å². The van der Waals surface area contributed by atoms with E-state index in [1.807, 2.05) is 37.3 Å². The summed E-state index contributed by atoms with van der Waals surface area (Å²) in [5, 5.41) is 0. The van der Waals surface area contributed by atoms with Crippen molar-refractivity contribution in [2.24, 2.45) is 0 Å². The van der Waals surface area contributed by atoms with E-state index in [0.717, 1.165) is 5.56 Å². The van der Waals surface area contributed by atoms with Crippen molar-refractivity contribution in [2.75, 3.05) is 7.11 Å². The number of hydrogen-bond donors (Lipinski definition) is 0. The lowest BCUT2D eigenvalue weighted by molar-refractivity contribution is -0.150. The molecule has 0 radical (unpaired) electrons. The molecule has 0 amide bonds. The Morgan fingerprint density at radius 2 is 1.80 bits per heavy atom. The van der Waals surface area contributed by atoms with Gasteiger partial charge in [-0.25, -0.2) is 4.79 Å². The summed E-state index contributed by atoms with van der Waals surface area (Å²) in [6.45, 7) is 7.49. The first-order valence-electron chi connectivity index (χ1n) is 8.04. The largest absolute Gasteiger partial charge is 0.446 e. The predicted molar refractivity (Wildman–Crippen MR) is 94.4 cm³/mol. The van der Waals surface area contributed by atoms with Gasteiger partial charge in [-0.1, -0.05) is 43.0 Å². The van der Waals surface area contributed by atoms with Crippen molar-refractivity contribution in [1.29, 1.82) is 0 Å². The lowest BCUT2D eigenvalue weighted by Gasteiger charge is -2.37. The topological polar surface area (TPSA) is 52.6 Å². The van der Waals surface area contributed by atoms with Crippen molar-refractivity contribution in [3.8, 4) is 0 Å². The Labute approximate surface area is 147 Å². The fourth-order valence-electron chi connectivity index (χ4n) is 3.21. The van der Waals surface area contributed by atoms with E-state index < -0.39 is 11.6 Å². The summed E-state index contributed by atoms with van der Waals surface area (Å²) >= 11 is 0. The highest BCUT2D eigenvalue weighted by Crippen LogP contribution is 2.43. The first kappa shape index (κ1) is 17.1. The van der Waals surface area contributed by atoms with Crippen LogP contribution in [0.2, 0.25) is 0 Å². The lowest BCUT2D eigenvalue weighted by atomic mass is 9.74. The summed E-state index contributed by atoms with van der Waals surface area (Å²) in [6, 6.07) is 12.7. The molecule has 0 spiro atoms. The van der Waals surface area contributed by atoms with Crippen LogP contribution in [0, 0.1) is 0 Å². The van der Waals surface area contributed by atoms with Gasteiger partial charge in [-0.3, -0.25) is 4.79 Å². The number of benzene rings is 2. The summed E-state index contributed by atoms with van der Waals surface area (Å²) in [4.78, 5) is 25.2. The maximum atomic E-state index is 12.9. The van der Waals surface area contributed by atoms with Crippen molar-refractivity contribution >= 4 is 11.8 Å². The second kappa shape index (κ2) is 6.30. The molecule has 0 fully saturated rings. The quantitative estimate of drug-likeness (QED) is 0.630. The molecule has 0 saturated heterocycles. The monoisotopic (exact) mass is 336 g/mol. The molecule has 1 atom stereocenters. The molecular weight excluding hydrogens is 316 g/mol. The Hall–Kier alpha value is -2.72. The summed E-state index contributed by atoms with van der Waals surface area (Å²) in [7, 11) is 1.61. The molecule has 128 valence electrons. The Morgan fingerprint density at radius 3 is 2.48 bits per heavy atom. The number of rotatable bonds is 4. The minimum Gasteiger partial charge on any atom is -0.446 e. The molecule has 1 unspecified atom stereocenters. The third-order valence-electron chi connectivity index (χ3n) is 4.48. The van der Waals surface area contributed by atoms with Gasteiger partial charge in [0.05, 0.1) is 6.61 Å². The maximum Gasteiger partial charge on any atom is 0.334 e. The number of ether oxygens (including phenoxy) is 2. The smallest absolute Gasteiger partial charge is 0.334 e. The van der Waals surface area contributed by atoms with Crippen molar-refractivity contribution in [1.82, 2.24) is 0 Å². The Kier molecular flexibility index (Phi) is 4.31. The van der Waals surface area contributed by atoms with Crippen LogP contribution in [0.4, 0.5) is 0 Å². The van der Waals surface area contributed by atoms with E-state index in [4.69, 9.17) is 9.47 Å². The van der Waals surface area contributed by atoms with Gasteiger partial charge >= 0.3 is 5.97 Å². The number of esters is 1. The second-order valence-corrected chi connectivity index (χ2v) is 6.39. The zero-order valence-corrected chi connectivity index (χ0v) is 14.6. The molecule has 2 aromatic carbocycles. The average Bonchev–Trinajstić information content (AvgIpc) is 2.60. The van der Waals surface area contributed by atoms with Crippen LogP contribution in [-0.2, 0) is 26.5 Å². The van der Waals surface area contributed by atoms with E-state index in [9.17, 15) is 9.59 Å². The van der Waals surface area contributed by atoms with Crippen LogP contribution in [0.15, 0.2) is 54.6 Å². The molecule has 3 rings (SSSR count). The van der Waals surface area contributed by atoms with E-state index in [0.29, 0.717) is 34.4 Å². The summed E-state index contributed by atoms with van der Waals surface area (Å²) in [6.07, 6.45) is 0. The average molecular weight is 336 g/mol. The number of ketones is 1. The van der Waals surface area contributed by atoms with E-state index in [1.54, 1.807) is 26.2 Å². The number of methoxy groups -OCH3 is 1. The number of fused-ring (bicyclic) bond motifs is 2. The molecule has 1 aliphatic rings. The Bertz CT molecular complexity index is 881. The first-order chi connectivity index (χ1) is 11.9. The molecule has 0 aromatic heterocycles. The van der Waals surface area contributed by atoms with E-state index in [2.05, 4.69) is 6.58 Å². The minimum absolute atomic E-state index is 0.0709. The van der Waals surface area contributed by atoms with Gasteiger partial charge in [-0.15, -0.1) is 0 Å². The van der Waals surface area contributed by atoms with Gasteiger partial charge in [0, 0.05) is 34.9 Å². The fraction of sp³-hybridized carbons (Fsp3) is 0.238. The van der Waals surface area contributed by atoms with Crippen molar-refractivity contribution < 1.29 is 19.1 Å². The standard InChI is InChI=1S/C21H20O4/c1-13(2)20(23)25-21(3)17-8-6-5-7-15(17)19(22)16-10-9-14(12-24-4)11-18(16)21/h5-11H,1,12H2,2-4H3. The molecule has 0 N–H and O–H groups in total. The molecule has 4 heteroatoms. The predicted octanol–water partition coefficient (Wildman–Crippen LogP) is 3.76. The first-order valence-corrected chi connectivity index (χ1v) is 8.04. The number of hydrogen-bond acceptors (Lipinski definition) is 4. The van der Waals surface area contributed by atoms with Crippen LogP contribution in [0.25, 0.3) is 0 Å². The molecule has 1 aliphatic carbocycles. The molecule has 0 saturated carbocycles. The Balaban J connectivity index is 2.24. The van der Waals surface area contributed by atoms with Crippen LogP contribution >= 0.6 is 0 Å². The van der Waals surface area contributed by atoms with Gasteiger partial charge in [0.1, 0.15) is 0 Å². The third-order valence-corrected chi connectivity index (χ3v) is 4.48.